The monoisotopic (exact) mass is 151 g/mol. The summed E-state index contributed by atoms with van der Waals surface area (Å²) in [4.78, 5) is 10.3. The van der Waals surface area contributed by atoms with Gasteiger partial charge in [0.25, 0.3) is 0 Å². The smallest absolute Gasteiger partial charge is 0.190 e. The fraction of sp³-hybridized carbons (Fsp3) is 0.250. The van der Waals surface area contributed by atoms with Gasteiger partial charge in [0.15, 0.2) is 17.7 Å². The Bertz CT molecular complexity index is 271. The number of rotatable bonds is 1. The van der Waals surface area contributed by atoms with Crippen LogP contribution in [0, 0.1) is 19.1 Å². The number of aldehydes is 1. The number of nitrogens with zero attached hydrogens (tertiary/aromatic N) is 1. The lowest BCUT2D eigenvalue weighted by molar-refractivity contribution is -0.619. The highest BCUT2D eigenvalue weighted by Crippen LogP contribution is 1.99. The molecule has 1 aromatic rings. The summed E-state index contributed by atoms with van der Waals surface area (Å²) in [6.07, 6.45) is 0.736. The Morgan fingerprint density at radius 3 is 2.18 bits per heavy atom. The third-order valence-electron chi connectivity index (χ3n) is 1.53. The maximum atomic E-state index is 11.0. The van der Waals surface area contributed by atoms with Crippen molar-refractivity contribution in [3.63, 3.8) is 0 Å². The van der Waals surface area contributed by atoms with Gasteiger partial charge in [-0.25, -0.2) is 0 Å². The van der Waals surface area contributed by atoms with Crippen molar-refractivity contribution in [3.8, 4) is 0 Å². The number of hydrogen-bond donors (Lipinski definition) is 0. The number of aromatic nitrogens is 1. The van der Waals surface area contributed by atoms with E-state index in [9.17, 15) is 10.0 Å². The van der Waals surface area contributed by atoms with Crippen molar-refractivity contribution in [2.75, 3.05) is 0 Å². The van der Waals surface area contributed by atoms with Crippen molar-refractivity contribution >= 4 is 6.29 Å². The Hall–Kier alpha value is -1.38. The van der Waals surface area contributed by atoms with Crippen LogP contribution in [-0.4, -0.2) is 6.29 Å². The summed E-state index contributed by atoms with van der Waals surface area (Å²) in [6, 6.07) is 3.12. The zero-order valence-electron chi connectivity index (χ0n) is 6.50. The number of carbonyl (C=O) groups is 1. The van der Waals surface area contributed by atoms with Crippen LogP contribution in [0.3, 0.4) is 0 Å². The van der Waals surface area contributed by atoms with Gasteiger partial charge in [-0.15, -0.1) is 0 Å². The second-order valence-corrected chi connectivity index (χ2v) is 2.48. The highest BCUT2D eigenvalue weighted by Gasteiger charge is 2.04. The van der Waals surface area contributed by atoms with Gasteiger partial charge in [0.05, 0.1) is 0 Å². The quantitative estimate of drug-likeness (QED) is 0.337. The summed E-state index contributed by atoms with van der Waals surface area (Å²) in [5.74, 6) is 0. The van der Waals surface area contributed by atoms with Crippen LogP contribution in [0.15, 0.2) is 12.1 Å². The van der Waals surface area contributed by atoms with Crippen molar-refractivity contribution in [3.05, 3.63) is 34.3 Å². The fourth-order valence-electron chi connectivity index (χ4n) is 0.988. The molecule has 0 saturated heterocycles. The van der Waals surface area contributed by atoms with Crippen molar-refractivity contribution in [2.24, 2.45) is 0 Å². The predicted molar refractivity (Wildman–Crippen MR) is 40.3 cm³/mol. The summed E-state index contributed by atoms with van der Waals surface area (Å²) in [5, 5.41) is 11.0. The van der Waals surface area contributed by atoms with Crippen LogP contribution in [0.1, 0.15) is 21.7 Å². The van der Waals surface area contributed by atoms with E-state index in [1.54, 1.807) is 26.0 Å². The number of aryl methyl sites for hydroxylation is 2. The summed E-state index contributed by atoms with van der Waals surface area (Å²) in [6.45, 7) is 3.35. The van der Waals surface area contributed by atoms with Gasteiger partial charge in [-0.2, -0.15) is 4.73 Å². The van der Waals surface area contributed by atoms with Gasteiger partial charge in [0, 0.05) is 31.5 Å². The van der Waals surface area contributed by atoms with E-state index in [2.05, 4.69) is 0 Å². The van der Waals surface area contributed by atoms with E-state index in [1.165, 1.54) is 0 Å². The van der Waals surface area contributed by atoms with Crippen LogP contribution in [0.5, 0.6) is 0 Å². The highest BCUT2D eigenvalue weighted by molar-refractivity contribution is 5.74. The van der Waals surface area contributed by atoms with E-state index < -0.39 is 0 Å². The minimum Gasteiger partial charge on any atom is -0.618 e. The van der Waals surface area contributed by atoms with Gasteiger partial charge >= 0.3 is 0 Å². The average Bonchev–Trinajstić information content (AvgIpc) is 1.99. The fourth-order valence-corrected chi connectivity index (χ4v) is 0.988. The topological polar surface area (TPSA) is 44.0 Å². The first-order chi connectivity index (χ1) is 5.15. The summed E-state index contributed by atoms with van der Waals surface area (Å²) in [7, 11) is 0. The third kappa shape index (κ3) is 1.37. The molecule has 3 heteroatoms. The molecule has 1 aromatic heterocycles. The van der Waals surface area contributed by atoms with Gasteiger partial charge in [-0.05, 0) is 0 Å². The summed E-state index contributed by atoms with van der Waals surface area (Å²) in [5.41, 5.74) is 1.64. The molecule has 0 saturated carbocycles. The molecule has 0 N–H and O–H groups in total. The zero-order valence-corrected chi connectivity index (χ0v) is 6.50. The van der Waals surface area contributed by atoms with Gasteiger partial charge < -0.3 is 5.21 Å². The molecular weight excluding hydrogens is 142 g/mol. The highest BCUT2D eigenvalue weighted by atomic mass is 16.5. The van der Waals surface area contributed by atoms with Crippen LogP contribution in [0.25, 0.3) is 0 Å². The van der Waals surface area contributed by atoms with Crippen molar-refractivity contribution in [1.29, 1.82) is 0 Å². The third-order valence-corrected chi connectivity index (χ3v) is 1.53. The first kappa shape index (κ1) is 7.72. The second kappa shape index (κ2) is 2.70. The molecule has 0 radical (unpaired) electrons. The van der Waals surface area contributed by atoms with E-state index in [4.69, 9.17) is 0 Å². The molecule has 58 valence electrons. The normalized spacial score (nSPS) is 9.64. The first-order valence-corrected chi connectivity index (χ1v) is 3.31. The van der Waals surface area contributed by atoms with E-state index in [-0.39, 0.29) is 0 Å². The molecule has 3 nitrogen and oxygen atoms in total. The number of pyridine rings is 1. The summed E-state index contributed by atoms with van der Waals surface area (Å²) < 4.78 is 0.799. The molecule has 0 unspecified atom stereocenters. The molecule has 0 spiro atoms. The number of carbonyl (C=O) groups excluding carboxylic acids is 1. The predicted octanol–water partition coefficient (Wildman–Crippen LogP) is 0.749. The Kier molecular flexibility index (Phi) is 1.89. The summed E-state index contributed by atoms with van der Waals surface area (Å²) >= 11 is 0. The Morgan fingerprint density at radius 2 is 1.82 bits per heavy atom. The zero-order chi connectivity index (χ0) is 8.43. The molecule has 0 aliphatic heterocycles. The van der Waals surface area contributed by atoms with Crippen LogP contribution < -0.4 is 4.73 Å². The molecule has 0 aliphatic rings. The van der Waals surface area contributed by atoms with Crippen LogP contribution in [0.4, 0.5) is 0 Å². The molecule has 1 heterocycles. The molecule has 11 heavy (non-hydrogen) atoms. The van der Waals surface area contributed by atoms with Crippen molar-refractivity contribution < 1.29 is 9.52 Å². The van der Waals surface area contributed by atoms with E-state index in [0.29, 0.717) is 17.0 Å². The molecular formula is C8H9NO2. The average molecular weight is 151 g/mol. The lowest BCUT2D eigenvalue weighted by Crippen LogP contribution is -2.33. The minimum atomic E-state index is 0.548. The Balaban J connectivity index is 3.31. The molecule has 0 aromatic carbocycles. The van der Waals surface area contributed by atoms with Crippen LogP contribution in [-0.2, 0) is 0 Å². The van der Waals surface area contributed by atoms with Crippen LogP contribution >= 0.6 is 0 Å². The SMILES string of the molecule is Cc1cc(C=O)cc(C)[n+]1[O-]. The lowest BCUT2D eigenvalue weighted by atomic mass is 10.2. The minimum absolute atomic E-state index is 0.548. The molecule has 1 rings (SSSR count). The first-order valence-electron chi connectivity index (χ1n) is 3.31. The van der Waals surface area contributed by atoms with Gasteiger partial charge in [0.1, 0.15) is 0 Å². The van der Waals surface area contributed by atoms with Crippen molar-refractivity contribution in [1.82, 2.24) is 0 Å². The standard InChI is InChI=1S/C8H9NO2/c1-6-3-8(5-10)4-7(2)9(6)11/h3-5H,1-2H3. The van der Waals surface area contributed by atoms with E-state index in [1.807, 2.05) is 0 Å². The van der Waals surface area contributed by atoms with Gasteiger partial charge in [-0.1, -0.05) is 0 Å². The van der Waals surface area contributed by atoms with Crippen molar-refractivity contribution in [2.45, 2.75) is 13.8 Å². The Labute approximate surface area is 64.9 Å². The molecule has 0 amide bonds. The second-order valence-electron chi connectivity index (χ2n) is 2.48. The Morgan fingerprint density at radius 1 is 1.36 bits per heavy atom. The van der Waals surface area contributed by atoms with Gasteiger partial charge in [-0.3, -0.25) is 4.79 Å². The number of hydrogen-bond acceptors (Lipinski definition) is 2. The van der Waals surface area contributed by atoms with Crippen LogP contribution in [0.2, 0.25) is 0 Å². The molecule has 0 aliphatic carbocycles. The maximum Gasteiger partial charge on any atom is 0.190 e. The lowest BCUT2D eigenvalue weighted by Gasteiger charge is -2.03. The van der Waals surface area contributed by atoms with Gasteiger partial charge in [0.2, 0.25) is 0 Å². The van der Waals surface area contributed by atoms with E-state index >= 15 is 0 Å². The maximum absolute atomic E-state index is 11.0. The molecule has 0 fully saturated rings. The largest absolute Gasteiger partial charge is 0.618 e. The molecule has 0 bridgehead atoms. The molecule has 0 atom stereocenters. The van der Waals surface area contributed by atoms with E-state index in [0.717, 1.165) is 11.0 Å².